The lowest BCUT2D eigenvalue weighted by molar-refractivity contribution is -0.137. The second-order valence-corrected chi connectivity index (χ2v) is 5.76. The lowest BCUT2D eigenvalue weighted by Crippen LogP contribution is -2.27. The van der Waals surface area contributed by atoms with Gasteiger partial charge in [0.2, 0.25) is 0 Å². The lowest BCUT2D eigenvalue weighted by Gasteiger charge is -2.17. The van der Waals surface area contributed by atoms with Crippen LogP contribution in [0, 0.1) is 0 Å². The van der Waals surface area contributed by atoms with Gasteiger partial charge in [0.25, 0.3) is 5.91 Å². The monoisotopic (exact) mass is 336 g/mol. The second kappa shape index (κ2) is 6.95. The van der Waals surface area contributed by atoms with Crippen molar-refractivity contribution in [1.82, 2.24) is 5.32 Å². The summed E-state index contributed by atoms with van der Waals surface area (Å²) in [5.74, 6) is -0.272. The highest BCUT2D eigenvalue weighted by atomic mass is 19.4. The summed E-state index contributed by atoms with van der Waals surface area (Å²) in [6, 6.07) is 11.5. The first-order valence-corrected chi connectivity index (χ1v) is 7.44. The summed E-state index contributed by atoms with van der Waals surface area (Å²) in [6.07, 6.45) is -4.36. The SMILES string of the molecule is CC(NC(=O)c1cccc(N(C)C)c1)c1ccc(C(F)(F)F)cc1. The first-order chi connectivity index (χ1) is 11.2. The van der Waals surface area contributed by atoms with Crippen LogP contribution in [-0.2, 0) is 6.18 Å². The fourth-order valence-corrected chi connectivity index (χ4v) is 2.25. The number of carbonyl (C=O) groups is 1. The minimum Gasteiger partial charge on any atom is -0.378 e. The van der Waals surface area contributed by atoms with Crippen molar-refractivity contribution >= 4 is 11.6 Å². The smallest absolute Gasteiger partial charge is 0.378 e. The molecule has 0 saturated heterocycles. The number of benzene rings is 2. The van der Waals surface area contributed by atoms with E-state index in [9.17, 15) is 18.0 Å². The highest BCUT2D eigenvalue weighted by molar-refractivity contribution is 5.95. The van der Waals surface area contributed by atoms with Crippen molar-refractivity contribution in [3.05, 3.63) is 65.2 Å². The van der Waals surface area contributed by atoms with Crippen LogP contribution in [0.25, 0.3) is 0 Å². The number of hydrogen-bond acceptors (Lipinski definition) is 2. The molecule has 2 rings (SSSR count). The zero-order valence-electron chi connectivity index (χ0n) is 13.7. The van der Waals surface area contributed by atoms with Gasteiger partial charge < -0.3 is 10.2 Å². The Labute approximate surface area is 139 Å². The Morgan fingerprint density at radius 1 is 1.08 bits per heavy atom. The highest BCUT2D eigenvalue weighted by Crippen LogP contribution is 2.30. The van der Waals surface area contributed by atoms with Crippen LogP contribution in [0.1, 0.15) is 34.5 Å². The summed E-state index contributed by atoms with van der Waals surface area (Å²) in [5, 5.41) is 2.80. The molecule has 1 atom stereocenters. The Balaban J connectivity index is 2.10. The van der Waals surface area contributed by atoms with Crippen LogP contribution in [0.15, 0.2) is 48.5 Å². The van der Waals surface area contributed by atoms with E-state index in [2.05, 4.69) is 5.32 Å². The molecule has 0 bridgehead atoms. The topological polar surface area (TPSA) is 32.3 Å². The molecule has 0 saturated carbocycles. The molecule has 0 fully saturated rings. The summed E-state index contributed by atoms with van der Waals surface area (Å²) in [7, 11) is 3.75. The molecule has 1 N–H and O–H groups in total. The lowest BCUT2D eigenvalue weighted by atomic mass is 10.1. The Kier molecular flexibility index (Phi) is 5.17. The van der Waals surface area contributed by atoms with E-state index >= 15 is 0 Å². The summed E-state index contributed by atoms with van der Waals surface area (Å²) >= 11 is 0. The Morgan fingerprint density at radius 3 is 2.25 bits per heavy atom. The van der Waals surface area contributed by atoms with Crippen LogP contribution in [0.3, 0.4) is 0 Å². The van der Waals surface area contributed by atoms with Crippen LogP contribution in [0.5, 0.6) is 0 Å². The van der Waals surface area contributed by atoms with E-state index < -0.39 is 17.8 Å². The molecule has 0 aliphatic carbocycles. The van der Waals surface area contributed by atoms with Gasteiger partial charge in [0.15, 0.2) is 0 Å². The number of hydrogen-bond donors (Lipinski definition) is 1. The van der Waals surface area contributed by atoms with Gasteiger partial charge in [0.05, 0.1) is 11.6 Å². The third kappa shape index (κ3) is 4.28. The van der Waals surface area contributed by atoms with E-state index in [4.69, 9.17) is 0 Å². The summed E-state index contributed by atoms with van der Waals surface area (Å²) in [6.45, 7) is 1.73. The molecular formula is C18H19F3N2O. The Morgan fingerprint density at radius 2 is 1.71 bits per heavy atom. The molecule has 0 radical (unpaired) electrons. The fraction of sp³-hybridized carbons (Fsp3) is 0.278. The van der Waals surface area contributed by atoms with E-state index in [0.29, 0.717) is 11.1 Å². The van der Waals surface area contributed by atoms with Gasteiger partial charge in [-0.05, 0) is 42.8 Å². The van der Waals surface area contributed by atoms with Gasteiger partial charge in [-0.1, -0.05) is 18.2 Å². The van der Waals surface area contributed by atoms with Gasteiger partial charge in [-0.15, -0.1) is 0 Å². The fourth-order valence-electron chi connectivity index (χ4n) is 2.25. The van der Waals surface area contributed by atoms with E-state index in [0.717, 1.165) is 17.8 Å². The number of halogens is 3. The Hall–Kier alpha value is -2.50. The van der Waals surface area contributed by atoms with Crippen LogP contribution in [-0.4, -0.2) is 20.0 Å². The number of nitrogens with zero attached hydrogens (tertiary/aromatic N) is 1. The van der Waals surface area contributed by atoms with Gasteiger partial charge in [0, 0.05) is 25.3 Å². The third-order valence-corrected chi connectivity index (χ3v) is 3.71. The van der Waals surface area contributed by atoms with Gasteiger partial charge in [-0.2, -0.15) is 13.2 Å². The first-order valence-electron chi connectivity index (χ1n) is 7.44. The molecule has 1 unspecified atom stereocenters. The summed E-state index contributed by atoms with van der Waals surface area (Å²) in [4.78, 5) is 14.2. The molecule has 3 nitrogen and oxygen atoms in total. The normalized spacial score (nSPS) is 12.6. The maximum Gasteiger partial charge on any atom is 0.416 e. The zero-order valence-corrected chi connectivity index (χ0v) is 13.7. The van der Waals surface area contributed by atoms with E-state index in [1.807, 2.05) is 25.1 Å². The number of anilines is 1. The Bertz CT molecular complexity index is 709. The average molecular weight is 336 g/mol. The van der Waals surface area contributed by atoms with Crippen molar-refractivity contribution < 1.29 is 18.0 Å². The summed E-state index contributed by atoms with van der Waals surface area (Å²) < 4.78 is 37.7. The second-order valence-electron chi connectivity index (χ2n) is 5.76. The number of alkyl halides is 3. The van der Waals surface area contributed by atoms with Gasteiger partial charge in [-0.3, -0.25) is 4.79 Å². The van der Waals surface area contributed by atoms with Crippen LogP contribution < -0.4 is 10.2 Å². The van der Waals surface area contributed by atoms with Gasteiger partial charge in [0.1, 0.15) is 0 Å². The molecule has 128 valence electrons. The zero-order chi connectivity index (χ0) is 17.9. The largest absolute Gasteiger partial charge is 0.416 e. The van der Waals surface area contributed by atoms with Gasteiger partial charge >= 0.3 is 6.18 Å². The standard InChI is InChI=1S/C18H19F3N2O/c1-12(13-7-9-15(10-8-13)18(19,20)21)22-17(24)14-5-4-6-16(11-14)23(2)3/h4-12H,1-3H3,(H,22,24). The predicted molar refractivity (Wildman–Crippen MR) is 88.1 cm³/mol. The van der Waals surface area contributed by atoms with Crippen molar-refractivity contribution in [2.75, 3.05) is 19.0 Å². The van der Waals surface area contributed by atoms with E-state index in [1.165, 1.54) is 12.1 Å². The van der Waals surface area contributed by atoms with Gasteiger partial charge in [-0.25, -0.2) is 0 Å². The number of nitrogens with one attached hydrogen (secondary N) is 1. The molecule has 0 aliphatic heterocycles. The van der Waals surface area contributed by atoms with Crippen molar-refractivity contribution in [1.29, 1.82) is 0 Å². The van der Waals surface area contributed by atoms with Crippen LogP contribution in [0.2, 0.25) is 0 Å². The third-order valence-electron chi connectivity index (χ3n) is 3.71. The summed E-state index contributed by atoms with van der Waals surface area (Å²) in [5.41, 5.74) is 1.30. The molecule has 6 heteroatoms. The molecule has 2 aromatic carbocycles. The molecule has 0 heterocycles. The van der Waals surface area contributed by atoms with Crippen molar-refractivity contribution in [3.8, 4) is 0 Å². The molecule has 0 spiro atoms. The minimum absolute atomic E-state index is 0.272. The molecular weight excluding hydrogens is 317 g/mol. The highest BCUT2D eigenvalue weighted by Gasteiger charge is 2.30. The average Bonchev–Trinajstić information content (AvgIpc) is 2.54. The predicted octanol–water partition coefficient (Wildman–Crippen LogP) is 4.26. The van der Waals surface area contributed by atoms with E-state index in [1.54, 1.807) is 25.1 Å². The van der Waals surface area contributed by atoms with Crippen molar-refractivity contribution in [2.45, 2.75) is 19.1 Å². The number of amides is 1. The van der Waals surface area contributed by atoms with Crippen LogP contribution in [0.4, 0.5) is 18.9 Å². The maximum absolute atomic E-state index is 12.6. The van der Waals surface area contributed by atoms with Crippen LogP contribution >= 0.6 is 0 Å². The molecule has 24 heavy (non-hydrogen) atoms. The number of carbonyl (C=O) groups excluding carboxylic acids is 1. The minimum atomic E-state index is -4.36. The quantitative estimate of drug-likeness (QED) is 0.905. The molecule has 2 aromatic rings. The molecule has 0 aliphatic rings. The molecule has 1 amide bonds. The van der Waals surface area contributed by atoms with Crippen molar-refractivity contribution in [2.24, 2.45) is 0 Å². The maximum atomic E-state index is 12.6. The number of rotatable bonds is 4. The molecule has 0 aromatic heterocycles. The van der Waals surface area contributed by atoms with Crippen molar-refractivity contribution in [3.63, 3.8) is 0 Å². The van der Waals surface area contributed by atoms with E-state index in [-0.39, 0.29) is 5.91 Å². The first kappa shape index (κ1) is 17.8.